The van der Waals surface area contributed by atoms with Crippen molar-refractivity contribution in [1.29, 1.82) is 0 Å². The third-order valence-electron chi connectivity index (χ3n) is 2.59. The summed E-state index contributed by atoms with van der Waals surface area (Å²) in [5, 5.41) is 0. The van der Waals surface area contributed by atoms with Crippen molar-refractivity contribution in [2.45, 2.75) is 39.3 Å². The molecule has 0 saturated carbocycles. The van der Waals surface area contributed by atoms with E-state index in [1.165, 1.54) is 6.07 Å². The Kier molecular flexibility index (Phi) is 5.35. The van der Waals surface area contributed by atoms with Crippen molar-refractivity contribution in [2.24, 2.45) is 11.7 Å². The molecule has 0 heterocycles. The minimum atomic E-state index is -2.81. The lowest BCUT2D eigenvalue weighted by Crippen LogP contribution is -2.14. The van der Waals surface area contributed by atoms with E-state index in [1.807, 2.05) is 0 Å². The van der Waals surface area contributed by atoms with Gasteiger partial charge < -0.3 is 10.5 Å². The van der Waals surface area contributed by atoms with Crippen LogP contribution < -0.4 is 10.5 Å². The summed E-state index contributed by atoms with van der Waals surface area (Å²) in [4.78, 5) is 0. The predicted octanol–water partition coefficient (Wildman–Crippen LogP) is 3.72. The van der Waals surface area contributed by atoms with Gasteiger partial charge in [0.05, 0.1) is 0 Å². The van der Waals surface area contributed by atoms with Crippen LogP contribution in [0.3, 0.4) is 0 Å². The number of hydrogen-bond acceptors (Lipinski definition) is 2. The first kappa shape index (κ1) is 13.9. The number of halogens is 2. The summed E-state index contributed by atoms with van der Waals surface area (Å²) in [6.07, 6.45) is 1.73. The first-order valence-corrected chi connectivity index (χ1v) is 5.80. The number of rotatable bonds is 6. The van der Waals surface area contributed by atoms with Gasteiger partial charge >= 0.3 is 6.61 Å². The van der Waals surface area contributed by atoms with E-state index in [1.54, 1.807) is 18.2 Å². The molecule has 0 radical (unpaired) electrons. The van der Waals surface area contributed by atoms with Gasteiger partial charge in [-0.2, -0.15) is 8.78 Å². The molecule has 0 aliphatic rings. The van der Waals surface area contributed by atoms with E-state index in [2.05, 4.69) is 18.6 Å². The molecule has 4 heteroatoms. The number of hydrogen-bond donors (Lipinski definition) is 1. The molecule has 0 unspecified atom stereocenters. The highest BCUT2D eigenvalue weighted by atomic mass is 19.3. The number of nitrogens with two attached hydrogens (primary N) is 1. The van der Waals surface area contributed by atoms with Crippen LogP contribution in [0.1, 0.15) is 38.3 Å². The van der Waals surface area contributed by atoms with Gasteiger partial charge in [-0.25, -0.2) is 0 Å². The molecule has 0 saturated heterocycles. The number of benzene rings is 1. The van der Waals surface area contributed by atoms with Gasteiger partial charge in [-0.3, -0.25) is 0 Å². The maximum Gasteiger partial charge on any atom is 0.387 e. The van der Waals surface area contributed by atoms with E-state index in [-0.39, 0.29) is 11.8 Å². The fourth-order valence-corrected chi connectivity index (χ4v) is 1.66. The van der Waals surface area contributed by atoms with E-state index in [4.69, 9.17) is 5.73 Å². The third-order valence-corrected chi connectivity index (χ3v) is 2.59. The van der Waals surface area contributed by atoms with Crippen molar-refractivity contribution >= 4 is 0 Å². The van der Waals surface area contributed by atoms with Gasteiger partial charge in [0, 0.05) is 11.6 Å². The lowest BCUT2D eigenvalue weighted by atomic mass is 9.98. The lowest BCUT2D eigenvalue weighted by molar-refractivity contribution is -0.0506. The summed E-state index contributed by atoms with van der Waals surface area (Å²) in [6, 6.07) is 6.45. The minimum absolute atomic E-state index is 0.179. The van der Waals surface area contributed by atoms with Crippen molar-refractivity contribution in [3.8, 4) is 5.75 Å². The summed E-state index contributed by atoms with van der Waals surface area (Å²) in [5.74, 6) is 0.725. The molecule has 2 N–H and O–H groups in total. The first-order chi connectivity index (χ1) is 8.00. The van der Waals surface area contributed by atoms with Crippen molar-refractivity contribution in [3.63, 3.8) is 0 Å². The molecular formula is C13H19F2NO. The fraction of sp³-hybridized carbons (Fsp3) is 0.538. The smallest absolute Gasteiger partial charge is 0.387 e. The maximum absolute atomic E-state index is 12.2. The molecule has 0 aliphatic heterocycles. The Bertz CT molecular complexity index is 342. The molecule has 1 atom stereocenters. The molecule has 0 aromatic heterocycles. The van der Waals surface area contributed by atoms with Gasteiger partial charge in [0.1, 0.15) is 5.75 Å². The maximum atomic E-state index is 12.2. The Morgan fingerprint density at radius 1 is 1.18 bits per heavy atom. The highest BCUT2D eigenvalue weighted by Gasteiger charge is 2.14. The monoisotopic (exact) mass is 243 g/mol. The van der Waals surface area contributed by atoms with Crippen LogP contribution in [0.2, 0.25) is 0 Å². The van der Waals surface area contributed by atoms with Gasteiger partial charge in [-0.15, -0.1) is 0 Å². The second-order valence-corrected chi connectivity index (χ2v) is 4.49. The van der Waals surface area contributed by atoms with E-state index >= 15 is 0 Å². The van der Waals surface area contributed by atoms with Crippen LogP contribution in [0.15, 0.2) is 24.3 Å². The molecule has 0 amide bonds. The normalized spacial score (nSPS) is 13.1. The van der Waals surface area contributed by atoms with Crippen LogP contribution in [0.25, 0.3) is 0 Å². The molecular weight excluding hydrogens is 224 g/mol. The van der Waals surface area contributed by atoms with Crippen LogP contribution in [0, 0.1) is 5.92 Å². The molecule has 2 nitrogen and oxygen atoms in total. The molecule has 0 spiro atoms. The molecule has 1 aromatic rings. The van der Waals surface area contributed by atoms with Gasteiger partial charge in [-0.1, -0.05) is 32.0 Å². The summed E-state index contributed by atoms with van der Waals surface area (Å²) in [5.41, 5.74) is 6.64. The van der Waals surface area contributed by atoms with E-state index in [0.29, 0.717) is 11.5 Å². The fourth-order valence-electron chi connectivity index (χ4n) is 1.66. The van der Waals surface area contributed by atoms with E-state index in [0.717, 1.165) is 12.8 Å². The van der Waals surface area contributed by atoms with Gasteiger partial charge in [-0.05, 0) is 24.8 Å². The predicted molar refractivity (Wildman–Crippen MR) is 64.1 cm³/mol. The quantitative estimate of drug-likeness (QED) is 0.826. The molecule has 1 rings (SSSR count). The molecule has 17 heavy (non-hydrogen) atoms. The number of para-hydroxylation sites is 1. The number of ether oxygens (including phenoxy) is 1. The molecule has 1 aromatic carbocycles. The van der Waals surface area contributed by atoms with Crippen LogP contribution in [-0.4, -0.2) is 6.61 Å². The third kappa shape index (κ3) is 4.69. The highest BCUT2D eigenvalue weighted by Crippen LogP contribution is 2.28. The zero-order valence-corrected chi connectivity index (χ0v) is 10.2. The van der Waals surface area contributed by atoms with Crippen LogP contribution in [0.5, 0.6) is 5.75 Å². The Morgan fingerprint density at radius 3 is 2.41 bits per heavy atom. The second kappa shape index (κ2) is 6.55. The average molecular weight is 243 g/mol. The Hall–Kier alpha value is -1.16. The van der Waals surface area contributed by atoms with E-state index < -0.39 is 6.61 Å². The standard InChI is InChI=1S/C13H19F2NO/c1-9(2)7-8-11(16)10-5-3-4-6-12(10)17-13(14)15/h3-6,9,11,13H,7-8,16H2,1-2H3/t11-/m1/s1. The van der Waals surface area contributed by atoms with Crippen molar-refractivity contribution in [2.75, 3.05) is 0 Å². The Balaban J connectivity index is 2.74. The SMILES string of the molecule is CC(C)CC[C@@H](N)c1ccccc1OC(F)F. The van der Waals surface area contributed by atoms with Crippen LogP contribution in [0.4, 0.5) is 8.78 Å². The minimum Gasteiger partial charge on any atom is -0.434 e. The topological polar surface area (TPSA) is 35.2 Å². The summed E-state index contributed by atoms with van der Waals surface area (Å²) in [7, 11) is 0. The lowest BCUT2D eigenvalue weighted by Gasteiger charge is -2.17. The summed E-state index contributed by atoms with van der Waals surface area (Å²) < 4.78 is 28.9. The van der Waals surface area contributed by atoms with Crippen LogP contribution >= 0.6 is 0 Å². The van der Waals surface area contributed by atoms with Gasteiger partial charge in [0.25, 0.3) is 0 Å². The van der Waals surface area contributed by atoms with Crippen molar-refractivity contribution < 1.29 is 13.5 Å². The average Bonchev–Trinajstić information content (AvgIpc) is 2.25. The summed E-state index contributed by atoms with van der Waals surface area (Å²) >= 11 is 0. The second-order valence-electron chi connectivity index (χ2n) is 4.49. The first-order valence-electron chi connectivity index (χ1n) is 5.80. The zero-order chi connectivity index (χ0) is 12.8. The molecule has 0 aliphatic carbocycles. The summed E-state index contributed by atoms with van der Waals surface area (Å²) in [6.45, 7) is 1.40. The Morgan fingerprint density at radius 2 is 1.82 bits per heavy atom. The Labute approximate surface area is 101 Å². The van der Waals surface area contributed by atoms with E-state index in [9.17, 15) is 8.78 Å². The highest BCUT2D eigenvalue weighted by molar-refractivity contribution is 5.35. The van der Waals surface area contributed by atoms with Gasteiger partial charge in [0.15, 0.2) is 0 Å². The molecule has 0 fully saturated rings. The van der Waals surface area contributed by atoms with Gasteiger partial charge in [0.2, 0.25) is 0 Å². The molecule has 0 bridgehead atoms. The van der Waals surface area contributed by atoms with Crippen molar-refractivity contribution in [1.82, 2.24) is 0 Å². The largest absolute Gasteiger partial charge is 0.434 e. The molecule has 96 valence electrons. The zero-order valence-electron chi connectivity index (χ0n) is 10.2. The number of alkyl halides is 2. The van der Waals surface area contributed by atoms with Crippen molar-refractivity contribution in [3.05, 3.63) is 29.8 Å². The van der Waals surface area contributed by atoms with Crippen LogP contribution in [-0.2, 0) is 0 Å².